The number of Topliss-reactive ketones (excluding diaryl/α,β-unsaturated/α-hetero) is 1. The minimum absolute atomic E-state index is 0.0573. The first-order valence-electron chi connectivity index (χ1n) is 9.83. The van der Waals surface area contributed by atoms with Crippen LogP contribution in [0.2, 0.25) is 0 Å². The highest BCUT2D eigenvalue weighted by molar-refractivity contribution is 5.98. The van der Waals surface area contributed by atoms with Crippen molar-refractivity contribution in [1.82, 2.24) is 25.1 Å². The molecule has 148 valence electrons. The van der Waals surface area contributed by atoms with Gasteiger partial charge in [-0.2, -0.15) is 4.68 Å². The lowest BCUT2D eigenvalue weighted by molar-refractivity contribution is -0.131. The molecular formula is C22H23N5O2. The number of likely N-dealkylation sites (tertiary alicyclic amines) is 1. The highest BCUT2D eigenvalue weighted by Gasteiger charge is 2.28. The summed E-state index contributed by atoms with van der Waals surface area (Å²) in [6.45, 7) is 3.04. The predicted molar refractivity (Wildman–Crippen MR) is 108 cm³/mol. The molecule has 4 rings (SSSR count). The Hall–Kier alpha value is -3.35. The molecule has 0 N–H and O–H groups in total. The van der Waals surface area contributed by atoms with Crippen LogP contribution in [-0.2, 0) is 11.2 Å². The molecule has 0 bridgehead atoms. The molecule has 7 nitrogen and oxygen atoms in total. The fourth-order valence-corrected chi connectivity index (χ4v) is 3.77. The number of aromatic nitrogens is 4. The lowest BCUT2D eigenvalue weighted by Gasteiger charge is -2.32. The zero-order chi connectivity index (χ0) is 20.2. The molecule has 0 radical (unpaired) electrons. The third kappa shape index (κ3) is 4.23. The monoisotopic (exact) mass is 389 g/mol. The van der Waals surface area contributed by atoms with Crippen molar-refractivity contribution in [3.63, 3.8) is 0 Å². The van der Waals surface area contributed by atoms with Crippen molar-refractivity contribution < 1.29 is 9.59 Å². The molecule has 0 spiro atoms. The zero-order valence-electron chi connectivity index (χ0n) is 16.4. The van der Waals surface area contributed by atoms with Gasteiger partial charge >= 0.3 is 0 Å². The number of rotatable bonds is 5. The fourth-order valence-electron chi connectivity index (χ4n) is 3.77. The van der Waals surface area contributed by atoms with Gasteiger partial charge in [0.25, 0.3) is 0 Å². The van der Waals surface area contributed by atoms with E-state index in [2.05, 4.69) is 15.5 Å². The number of hydrogen-bond donors (Lipinski definition) is 0. The summed E-state index contributed by atoms with van der Waals surface area (Å²) in [5.74, 6) is 0.766. The smallest absolute Gasteiger partial charge is 0.227 e. The van der Waals surface area contributed by atoms with E-state index in [-0.39, 0.29) is 17.6 Å². The summed E-state index contributed by atoms with van der Waals surface area (Å²) < 4.78 is 1.65. The number of ketones is 1. The zero-order valence-corrected chi connectivity index (χ0v) is 16.4. The number of benzene rings is 2. The van der Waals surface area contributed by atoms with Gasteiger partial charge in [0.1, 0.15) is 0 Å². The molecule has 1 saturated heterocycles. The standard InChI is InChI=1S/C22H23N5O2/c1-16-23-24-25-27(16)20-11-9-17(10-12-20)14-21(28)26-13-5-8-19(15-26)22(29)18-6-3-2-4-7-18/h2-4,6-7,9-12,19H,5,8,13-15H2,1H3. The van der Waals surface area contributed by atoms with E-state index < -0.39 is 0 Å². The van der Waals surface area contributed by atoms with Crippen molar-refractivity contribution in [2.45, 2.75) is 26.2 Å². The van der Waals surface area contributed by atoms with E-state index in [4.69, 9.17) is 0 Å². The first-order valence-corrected chi connectivity index (χ1v) is 9.83. The first kappa shape index (κ1) is 19.0. The lowest BCUT2D eigenvalue weighted by Crippen LogP contribution is -2.43. The Kier molecular flexibility index (Phi) is 5.46. The maximum absolute atomic E-state index is 12.8. The highest BCUT2D eigenvalue weighted by atomic mass is 16.2. The van der Waals surface area contributed by atoms with Gasteiger partial charge in [-0.15, -0.1) is 5.10 Å². The van der Waals surface area contributed by atoms with Crippen LogP contribution < -0.4 is 0 Å². The number of piperidine rings is 1. The van der Waals surface area contributed by atoms with E-state index in [9.17, 15) is 9.59 Å². The van der Waals surface area contributed by atoms with E-state index in [1.807, 2.05) is 66.4 Å². The lowest BCUT2D eigenvalue weighted by atomic mass is 9.90. The van der Waals surface area contributed by atoms with Crippen molar-refractivity contribution in [1.29, 1.82) is 0 Å². The van der Waals surface area contributed by atoms with Crippen molar-refractivity contribution in [2.75, 3.05) is 13.1 Å². The Labute approximate surface area is 169 Å². The normalized spacial score (nSPS) is 16.6. The van der Waals surface area contributed by atoms with Crippen LogP contribution in [0, 0.1) is 12.8 Å². The second-order valence-corrected chi connectivity index (χ2v) is 7.39. The van der Waals surface area contributed by atoms with E-state index >= 15 is 0 Å². The Morgan fingerprint density at radius 2 is 1.83 bits per heavy atom. The average Bonchev–Trinajstić information content (AvgIpc) is 3.20. The van der Waals surface area contributed by atoms with Crippen molar-refractivity contribution in [3.8, 4) is 5.69 Å². The van der Waals surface area contributed by atoms with Crippen LogP contribution in [0.1, 0.15) is 34.6 Å². The quantitative estimate of drug-likeness (QED) is 0.627. The number of carbonyl (C=O) groups excluding carboxylic acids is 2. The fraction of sp³-hybridized carbons (Fsp3) is 0.318. The van der Waals surface area contributed by atoms with Crippen molar-refractivity contribution in [2.24, 2.45) is 5.92 Å². The molecule has 0 aliphatic carbocycles. The Bertz CT molecular complexity index is 998. The van der Waals surface area contributed by atoms with Gasteiger partial charge in [-0.25, -0.2) is 0 Å². The summed E-state index contributed by atoms with van der Waals surface area (Å²) in [6, 6.07) is 17.0. The summed E-state index contributed by atoms with van der Waals surface area (Å²) >= 11 is 0. The summed E-state index contributed by atoms with van der Waals surface area (Å²) in [4.78, 5) is 27.4. The average molecular weight is 389 g/mol. The Morgan fingerprint density at radius 3 is 2.52 bits per heavy atom. The first-order chi connectivity index (χ1) is 14.1. The molecule has 1 unspecified atom stereocenters. The number of nitrogens with zero attached hydrogens (tertiary/aromatic N) is 5. The molecule has 1 atom stereocenters. The summed E-state index contributed by atoms with van der Waals surface area (Å²) in [5.41, 5.74) is 2.51. The Balaban J connectivity index is 1.39. The van der Waals surface area contributed by atoms with Crippen LogP contribution in [-0.4, -0.2) is 49.9 Å². The maximum atomic E-state index is 12.8. The van der Waals surface area contributed by atoms with Crippen LogP contribution in [0.15, 0.2) is 54.6 Å². The number of hydrogen-bond acceptors (Lipinski definition) is 5. The summed E-state index contributed by atoms with van der Waals surface area (Å²) in [5, 5.41) is 11.5. The molecule has 1 aromatic heterocycles. The predicted octanol–water partition coefficient (Wildman–Crippen LogP) is 2.63. The van der Waals surface area contributed by atoms with Gasteiger partial charge in [0.05, 0.1) is 12.1 Å². The molecule has 2 aromatic carbocycles. The third-order valence-electron chi connectivity index (χ3n) is 5.36. The molecule has 7 heteroatoms. The SMILES string of the molecule is Cc1nnnn1-c1ccc(CC(=O)N2CCCC(C(=O)c3ccccc3)C2)cc1. The highest BCUT2D eigenvalue weighted by Crippen LogP contribution is 2.22. The second-order valence-electron chi connectivity index (χ2n) is 7.39. The van der Waals surface area contributed by atoms with E-state index in [1.54, 1.807) is 4.68 Å². The molecule has 3 aromatic rings. The molecule has 2 heterocycles. The molecule has 1 aliphatic heterocycles. The molecule has 1 aliphatic rings. The van der Waals surface area contributed by atoms with Gasteiger partial charge in [-0.05, 0) is 47.9 Å². The largest absolute Gasteiger partial charge is 0.342 e. The van der Waals surface area contributed by atoms with Gasteiger partial charge in [0.15, 0.2) is 11.6 Å². The number of amides is 1. The van der Waals surface area contributed by atoms with E-state index in [0.29, 0.717) is 25.3 Å². The van der Waals surface area contributed by atoms with Crippen LogP contribution in [0.4, 0.5) is 0 Å². The molecular weight excluding hydrogens is 366 g/mol. The van der Waals surface area contributed by atoms with Gasteiger partial charge in [-0.1, -0.05) is 42.5 Å². The van der Waals surface area contributed by atoms with E-state index in [1.165, 1.54) is 0 Å². The minimum atomic E-state index is -0.125. The molecule has 1 fully saturated rings. The number of tetrazole rings is 1. The summed E-state index contributed by atoms with van der Waals surface area (Å²) in [7, 11) is 0. The van der Waals surface area contributed by atoms with E-state index in [0.717, 1.165) is 29.7 Å². The number of carbonyl (C=O) groups is 2. The van der Waals surface area contributed by atoms with Gasteiger partial charge in [0.2, 0.25) is 5.91 Å². The third-order valence-corrected chi connectivity index (χ3v) is 5.36. The van der Waals surface area contributed by atoms with Crippen LogP contribution >= 0.6 is 0 Å². The second kappa shape index (κ2) is 8.34. The topological polar surface area (TPSA) is 81.0 Å². The van der Waals surface area contributed by atoms with Crippen LogP contribution in [0.5, 0.6) is 0 Å². The van der Waals surface area contributed by atoms with Gasteiger partial charge in [0, 0.05) is 24.6 Å². The minimum Gasteiger partial charge on any atom is -0.342 e. The van der Waals surface area contributed by atoms with Crippen LogP contribution in [0.3, 0.4) is 0 Å². The maximum Gasteiger partial charge on any atom is 0.227 e. The molecule has 0 saturated carbocycles. The van der Waals surface area contributed by atoms with Gasteiger partial charge in [-0.3, -0.25) is 9.59 Å². The summed E-state index contributed by atoms with van der Waals surface area (Å²) in [6.07, 6.45) is 2.01. The van der Waals surface area contributed by atoms with Crippen molar-refractivity contribution in [3.05, 3.63) is 71.5 Å². The molecule has 1 amide bonds. The Morgan fingerprint density at radius 1 is 1.07 bits per heavy atom. The van der Waals surface area contributed by atoms with Crippen LogP contribution in [0.25, 0.3) is 5.69 Å². The number of aryl methyl sites for hydroxylation is 1. The molecule has 29 heavy (non-hydrogen) atoms. The van der Waals surface area contributed by atoms with Gasteiger partial charge < -0.3 is 4.90 Å². The van der Waals surface area contributed by atoms with Crippen molar-refractivity contribution >= 4 is 11.7 Å².